The van der Waals surface area contributed by atoms with Gasteiger partial charge >= 0.3 is 11.4 Å². The van der Waals surface area contributed by atoms with Crippen LogP contribution in [0.3, 0.4) is 0 Å². The lowest BCUT2D eigenvalue weighted by molar-refractivity contribution is 0.0527. The molecule has 5 aromatic rings. The van der Waals surface area contributed by atoms with Crippen molar-refractivity contribution < 1.29 is 23.1 Å². The fraction of sp³-hybridized carbons (Fsp3) is 0.125. The zero-order valence-electron chi connectivity index (χ0n) is 19.1. The molecular formula is C24H17ClF2N6O3S. The summed E-state index contributed by atoms with van der Waals surface area (Å²) < 4.78 is 35.8. The molecule has 0 saturated carbocycles. The number of nitrogens with zero attached hydrogens (tertiary/aromatic N) is 5. The van der Waals surface area contributed by atoms with Crippen LogP contribution in [0, 0.1) is 0 Å². The summed E-state index contributed by atoms with van der Waals surface area (Å²) in [5, 5.41) is 8.86. The van der Waals surface area contributed by atoms with E-state index in [1.807, 2.05) is 0 Å². The summed E-state index contributed by atoms with van der Waals surface area (Å²) in [4.78, 5) is 30.8. The van der Waals surface area contributed by atoms with E-state index in [1.54, 1.807) is 54.8 Å². The van der Waals surface area contributed by atoms with Crippen molar-refractivity contribution in [3.8, 4) is 16.3 Å². The van der Waals surface area contributed by atoms with Crippen LogP contribution in [-0.4, -0.2) is 42.9 Å². The highest BCUT2D eigenvalue weighted by Crippen LogP contribution is 2.35. The first-order chi connectivity index (χ1) is 17.8. The number of fused-ring (bicyclic) bond motifs is 1. The number of amides is 1. The molecule has 0 radical (unpaired) electrons. The minimum Gasteiger partial charge on any atom is -0.462 e. The Balaban J connectivity index is 1.57. The summed E-state index contributed by atoms with van der Waals surface area (Å²) >= 11 is 6.68. The van der Waals surface area contributed by atoms with Crippen LogP contribution in [0.2, 0.25) is 0 Å². The lowest BCUT2D eigenvalue weighted by atomic mass is 10.2. The van der Waals surface area contributed by atoms with Gasteiger partial charge in [-0.15, -0.1) is 11.3 Å². The number of para-hydroxylation sites is 1. The predicted octanol–water partition coefficient (Wildman–Crippen LogP) is 5.36. The number of benzene rings is 1. The second kappa shape index (κ2) is 9.71. The molecule has 4 heterocycles. The number of carbonyl (C=O) groups excluding carboxylic acids is 2. The van der Waals surface area contributed by atoms with Crippen molar-refractivity contribution in [2.75, 3.05) is 11.9 Å². The SMILES string of the molecule is CCOC(=O)c1cnn(-c2ccccc2)c1NC(=O)c1cc2nc(-c3cccs3)cc(C(F)(F)Cl)n2n1. The summed E-state index contributed by atoms with van der Waals surface area (Å²) in [6, 6.07) is 14.7. The Morgan fingerprint density at radius 3 is 2.62 bits per heavy atom. The number of halogens is 3. The largest absolute Gasteiger partial charge is 0.462 e. The van der Waals surface area contributed by atoms with E-state index < -0.39 is 23.0 Å². The minimum atomic E-state index is -3.78. The molecule has 0 saturated heterocycles. The summed E-state index contributed by atoms with van der Waals surface area (Å²) in [6.07, 6.45) is 1.27. The van der Waals surface area contributed by atoms with Crippen molar-refractivity contribution in [2.24, 2.45) is 0 Å². The number of rotatable bonds is 7. The van der Waals surface area contributed by atoms with E-state index in [2.05, 4.69) is 20.5 Å². The molecule has 13 heteroatoms. The van der Waals surface area contributed by atoms with Crippen molar-refractivity contribution in [3.63, 3.8) is 0 Å². The van der Waals surface area contributed by atoms with Crippen molar-refractivity contribution >= 4 is 46.3 Å². The van der Waals surface area contributed by atoms with Gasteiger partial charge in [0.05, 0.1) is 29.1 Å². The van der Waals surface area contributed by atoms with Gasteiger partial charge in [-0.2, -0.15) is 19.0 Å². The number of carbonyl (C=O) groups is 2. The van der Waals surface area contributed by atoms with Gasteiger partial charge in [0.15, 0.2) is 17.2 Å². The standard InChI is InChI=1S/C24H17ClF2N6O3S/c1-2-36-23(35)15-13-28-32(14-7-4-3-5-8-14)21(15)30-22(34)17-12-20-29-16(18-9-6-10-37-18)11-19(24(25,26)27)33(20)31-17/h3-13H,2H2,1H3,(H,30,34). The third-order valence-electron chi connectivity index (χ3n) is 5.22. The normalized spacial score (nSPS) is 11.6. The number of alkyl halides is 3. The van der Waals surface area contributed by atoms with Gasteiger partial charge in [0, 0.05) is 6.07 Å². The molecule has 9 nitrogen and oxygen atoms in total. The fourth-order valence-corrected chi connectivity index (χ4v) is 4.42. The van der Waals surface area contributed by atoms with Crippen LogP contribution in [0.5, 0.6) is 0 Å². The summed E-state index contributed by atoms with van der Waals surface area (Å²) in [6.45, 7) is 1.76. The van der Waals surface area contributed by atoms with Gasteiger partial charge in [-0.25, -0.2) is 19.0 Å². The Labute approximate surface area is 217 Å². The Kier molecular flexibility index (Phi) is 6.44. The minimum absolute atomic E-state index is 0.00596. The zero-order chi connectivity index (χ0) is 26.2. The van der Waals surface area contributed by atoms with Crippen molar-refractivity contribution in [2.45, 2.75) is 12.3 Å². The van der Waals surface area contributed by atoms with E-state index in [4.69, 9.17) is 16.3 Å². The maximum absolute atomic E-state index is 14.3. The molecule has 1 aromatic carbocycles. The molecule has 5 rings (SSSR count). The highest BCUT2D eigenvalue weighted by Gasteiger charge is 2.33. The lowest BCUT2D eigenvalue weighted by Gasteiger charge is -2.11. The van der Waals surface area contributed by atoms with E-state index in [-0.39, 0.29) is 35.0 Å². The third-order valence-corrected chi connectivity index (χ3v) is 6.31. The lowest BCUT2D eigenvalue weighted by Crippen LogP contribution is -2.19. The number of thiophene rings is 1. The van der Waals surface area contributed by atoms with Crippen LogP contribution >= 0.6 is 22.9 Å². The number of aromatic nitrogens is 5. The van der Waals surface area contributed by atoms with E-state index in [9.17, 15) is 18.4 Å². The molecule has 0 fully saturated rings. The number of nitrogens with one attached hydrogen (secondary N) is 1. The summed E-state index contributed by atoms with van der Waals surface area (Å²) in [5.74, 6) is -1.45. The predicted molar refractivity (Wildman–Crippen MR) is 134 cm³/mol. The number of esters is 1. The molecule has 1 amide bonds. The smallest absolute Gasteiger partial charge is 0.364 e. The molecule has 0 unspecified atom stereocenters. The topological polar surface area (TPSA) is 103 Å². The van der Waals surface area contributed by atoms with Gasteiger partial charge in [0.1, 0.15) is 11.3 Å². The van der Waals surface area contributed by atoms with E-state index in [0.717, 1.165) is 10.6 Å². The Hall–Kier alpha value is -4.16. The van der Waals surface area contributed by atoms with E-state index in [0.29, 0.717) is 10.6 Å². The summed E-state index contributed by atoms with van der Waals surface area (Å²) in [7, 11) is 0. The molecule has 0 aliphatic carbocycles. The van der Waals surface area contributed by atoms with Crippen LogP contribution in [0.25, 0.3) is 21.9 Å². The van der Waals surface area contributed by atoms with E-state index >= 15 is 0 Å². The molecule has 0 bridgehead atoms. The second-order valence-electron chi connectivity index (χ2n) is 7.63. The Bertz CT molecular complexity index is 1600. The van der Waals surface area contributed by atoms with Crippen LogP contribution in [0.1, 0.15) is 33.5 Å². The molecule has 0 aliphatic rings. The average molecular weight is 543 g/mol. The molecule has 0 spiro atoms. The van der Waals surface area contributed by atoms with Gasteiger partial charge in [-0.05, 0) is 48.2 Å². The maximum atomic E-state index is 14.3. The quantitative estimate of drug-likeness (QED) is 0.219. The van der Waals surface area contributed by atoms with Gasteiger partial charge in [0.25, 0.3) is 5.91 Å². The first-order valence-electron chi connectivity index (χ1n) is 10.9. The van der Waals surface area contributed by atoms with Gasteiger partial charge < -0.3 is 10.1 Å². The Morgan fingerprint density at radius 2 is 1.95 bits per heavy atom. The average Bonchev–Trinajstić information content (AvgIpc) is 3.63. The highest BCUT2D eigenvalue weighted by atomic mass is 35.5. The molecule has 0 atom stereocenters. The number of hydrogen-bond acceptors (Lipinski definition) is 7. The highest BCUT2D eigenvalue weighted by molar-refractivity contribution is 7.13. The van der Waals surface area contributed by atoms with Crippen molar-refractivity contribution in [3.05, 3.63) is 83.1 Å². The first kappa shape index (κ1) is 24.5. The molecule has 37 heavy (non-hydrogen) atoms. The molecule has 1 N–H and O–H groups in total. The van der Waals surface area contributed by atoms with Crippen LogP contribution in [-0.2, 0) is 10.1 Å². The zero-order valence-corrected chi connectivity index (χ0v) is 20.6. The van der Waals surface area contributed by atoms with E-state index in [1.165, 1.54) is 28.3 Å². The molecule has 188 valence electrons. The second-order valence-corrected chi connectivity index (χ2v) is 9.05. The monoisotopic (exact) mass is 542 g/mol. The Morgan fingerprint density at radius 1 is 1.16 bits per heavy atom. The molecule has 0 aliphatic heterocycles. The fourth-order valence-electron chi connectivity index (χ4n) is 3.60. The number of anilines is 1. The van der Waals surface area contributed by atoms with Crippen LogP contribution < -0.4 is 5.32 Å². The molecular weight excluding hydrogens is 526 g/mol. The first-order valence-corrected chi connectivity index (χ1v) is 12.2. The van der Waals surface area contributed by atoms with Crippen molar-refractivity contribution in [1.29, 1.82) is 0 Å². The third kappa shape index (κ3) is 4.80. The number of ether oxygens (including phenoxy) is 1. The van der Waals surface area contributed by atoms with Crippen molar-refractivity contribution in [1.82, 2.24) is 24.4 Å². The maximum Gasteiger partial charge on any atom is 0.364 e. The molecule has 4 aromatic heterocycles. The van der Waals surface area contributed by atoms with Gasteiger partial charge in [-0.3, -0.25) is 4.79 Å². The van der Waals surface area contributed by atoms with Crippen LogP contribution in [0.15, 0.2) is 66.2 Å². The number of hydrogen-bond donors (Lipinski definition) is 1. The van der Waals surface area contributed by atoms with Gasteiger partial charge in [0.2, 0.25) is 0 Å². The van der Waals surface area contributed by atoms with Gasteiger partial charge in [-0.1, -0.05) is 24.3 Å². The summed E-state index contributed by atoms with van der Waals surface area (Å²) in [5.41, 5.74) is -0.0506. The van der Waals surface area contributed by atoms with Crippen LogP contribution in [0.4, 0.5) is 14.6 Å².